The molecule has 0 radical (unpaired) electrons. The number of nitro groups is 1. The van der Waals surface area contributed by atoms with Crippen LogP contribution in [0.15, 0.2) is 84.1 Å². The van der Waals surface area contributed by atoms with Gasteiger partial charge in [-0.25, -0.2) is 23.1 Å². The van der Waals surface area contributed by atoms with E-state index in [9.17, 15) is 28.4 Å². The number of pyridine rings is 2. The molecule has 338 valence electrons. The van der Waals surface area contributed by atoms with Gasteiger partial charge in [-0.3, -0.25) is 19.8 Å². The van der Waals surface area contributed by atoms with Crippen LogP contribution in [0.3, 0.4) is 0 Å². The third kappa shape index (κ3) is 9.04. The van der Waals surface area contributed by atoms with Crippen LogP contribution in [0.1, 0.15) is 118 Å². The summed E-state index contributed by atoms with van der Waals surface area (Å²) in [6, 6.07) is 19.7. The van der Waals surface area contributed by atoms with Gasteiger partial charge in [-0.15, -0.1) is 0 Å². The lowest BCUT2D eigenvalue weighted by Crippen LogP contribution is -2.59. The summed E-state index contributed by atoms with van der Waals surface area (Å²) in [6.45, 7) is 9.64. The number of sulfonamides is 1. The number of fused-ring (bicyclic) bond motifs is 1. The lowest BCUT2D eigenvalue weighted by Gasteiger charge is -2.55. The fourth-order valence-corrected chi connectivity index (χ4v) is 11.6. The van der Waals surface area contributed by atoms with Crippen molar-refractivity contribution in [1.82, 2.24) is 24.6 Å². The smallest absolute Gasteiger partial charge is 0.312 e. The third-order valence-electron chi connectivity index (χ3n) is 14.3. The molecule has 9 rings (SSSR count). The highest BCUT2D eigenvalue weighted by molar-refractivity contribution is 7.90. The molecule has 3 aromatic heterocycles. The van der Waals surface area contributed by atoms with Crippen molar-refractivity contribution < 1.29 is 28.0 Å². The predicted molar refractivity (Wildman–Crippen MR) is 245 cm³/mol. The number of aromatic amines is 1. The Bertz CT molecular complexity index is 2640. The van der Waals surface area contributed by atoms with Crippen molar-refractivity contribution in [2.45, 2.75) is 113 Å². The number of amides is 1. The minimum atomic E-state index is -4.62. The van der Waals surface area contributed by atoms with E-state index in [0.717, 1.165) is 81.5 Å². The van der Waals surface area contributed by atoms with Crippen LogP contribution in [0.5, 0.6) is 11.5 Å². The monoisotopic (exact) mass is 890 g/mol. The van der Waals surface area contributed by atoms with Gasteiger partial charge in [0.25, 0.3) is 15.9 Å². The van der Waals surface area contributed by atoms with Gasteiger partial charge in [0, 0.05) is 66.5 Å². The molecule has 15 nitrogen and oxygen atoms in total. The molecule has 1 atom stereocenters. The summed E-state index contributed by atoms with van der Waals surface area (Å²) in [5, 5.41) is 26.2. The van der Waals surface area contributed by atoms with Gasteiger partial charge in [0.2, 0.25) is 5.82 Å². The Hall–Kier alpha value is -5.58. The van der Waals surface area contributed by atoms with E-state index in [1.54, 1.807) is 31.3 Å². The highest BCUT2D eigenvalue weighted by atomic mass is 32.2. The minimum absolute atomic E-state index is 0.0383. The van der Waals surface area contributed by atoms with Crippen LogP contribution in [0.4, 0.5) is 17.2 Å². The second-order valence-electron chi connectivity index (χ2n) is 19.2. The van der Waals surface area contributed by atoms with Crippen LogP contribution in [0.2, 0.25) is 0 Å². The molecule has 2 saturated carbocycles. The molecule has 2 aliphatic heterocycles. The molecule has 2 aliphatic carbocycles. The molecule has 5 heterocycles. The summed E-state index contributed by atoms with van der Waals surface area (Å²) < 4.78 is 35.8. The van der Waals surface area contributed by atoms with Gasteiger partial charge in [-0.2, -0.15) is 0 Å². The Morgan fingerprint density at radius 2 is 1.77 bits per heavy atom. The molecule has 4 fully saturated rings. The Balaban J connectivity index is 0.895. The van der Waals surface area contributed by atoms with Crippen molar-refractivity contribution in [2.75, 3.05) is 36.4 Å². The summed E-state index contributed by atoms with van der Waals surface area (Å²) in [4.78, 5) is 41.5. The predicted octanol–water partition coefficient (Wildman–Crippen LogP) is 8.84. The number of ether oxygens (including phenoxy) is 1. The molecule has 5 aromatic rings. The zero-order chi connectivity index (χ0) is 44.8. The lowest BCUT2D eigenvalue weighted by atomic mass is 9.67. The van der Waals surface area contributed by atoms with Gasteiger partial charge in [-0.05, 0) is 125 Å². The van der Waals surface area contributed by atoms with E-state index in [0.29, 0.717) is 48.8 Å². The Kier molecular flexibility index (Phi) is 11.9. The maximum Gasteiger partial charge on any atom is 0.312 e. The summed E-state index contributed by atoms with van der Waals surface area (Å²) >= 11 is 0. The minimum Gasteiger partial charge on any atom is -0.455 e. The number of aromatic nitrogens is 3. The van der Waals surface area contributed by atoms with E-state index >= 15 is 0 Å². The SMILES string of the molecule is CC(C)c1ccccc1[C@@H]1CCCN1C1CCC2(CC1)CN(c1ccc(C(=O)NS(=O)(=O)c3cnc(NCC4CCC(C)(O)CC4)c([N+](=O)[O-])c3)c(Oc3cnc4[nH]ccc4c3)c1)C2. The summed E-state index contributed by atoms with van der Waals surface area (Å²) in [5.74, 6) is 0.117. The first kappa shape index (κ1) is 43.7. The molecule has 2 saturated heterocycles. The van der Waals surface area contributed by atoms with Crippen molar-refractivity contribution in [1.29, 1.82) is 0 Å². The van der Waals surface area contributed by atoms with Crippen LogP contribution in [-0.2, 0) is 10.0 Å². The van der Waals surface area contributed by atoms with Crippen LogP contribution in [0.25, 0.3) is 11.0 Å². The number of hydrogen-bond acceptors (Lipinski definition) is 12. The summed E-state index contributed by atoms with van der Waals surface area (Å²) in [7, 11) is -4.62. The molecule has 16 heteroatoms. The molecule has 2 aromatic carbocycles. The van der Waals surface area contributed by atoms with Gasteiger partial charge in [0.1, 0.15) is 22.0 Å². The maximum atomic E-state index is 13.9. The number of nitrogens with one attached hydrogen (secondary N) is 3. The van der Waals surface area contributed by atoms with Crippen LogP contribution in [-0.4, -0.2) is 82.0 Å². The third-order valence-corrected chi connectivity index (χ3v) is 15.6. The molecule has 0 bridgehead atoms. The van der Waals surface area contributed by atoms with Crippen LogP contribution < -0.4 is 19.7 Å². The van der Waals surface area contributed by atoms with Crippen molar-refractivity contribution in [2.24, 2.45) is 11.3 Å². The average Bonchev–Trinajstić information content (AvgIpc) is 3.95. The zero-order valence-electron chi connectivity index (χ0n) is 36.8. The quantitative estimate of drug-likeness (QED) is 0.0649. The number of nitrogens with zero attached hydrogens (tertiary/aromatic N) is 5. The topological polar surface area (TPSA) is 196 Å². The van der Waals surface area contributed by atoms with Gasteiger partial charge in [0.05, 0.1) is 28.5 Å². The van der Waals surface area contributed by atoms with E-state index in [2.05, 4.69) is 72.9 Å². The van der Waals surface area contributed by atoms with E-state index in [4.69, 9.17) is 4.74 Å². The first-order valence-electron chi connectivity index (χ1n) is 22.7. The van der Waals surface area contributed by atoms with E-state index < -0.39 is 37.0 Å². The largest absolute Gasteiger partial charge is 0.455 e. The van der Waals surface area contributed by atoms with Gasteiger partial charge in [0.15, 0.2) is 0 Å². The standard InChI is InChI=1S/C48H58N8O7S/c1-31(2)38-7-4-5-8-39(38)41-9-6-22-55(41)34-14-19-48(20-15-34)29-54(30-48)35-10-11-40(43(24-35)63-36-23-33-16-21-49-44(33)51-27-36)46(57)53-64(61,62)37-25-42(56(59)60)45(52-28-37)50-26-32-12-17-47(3,58)18-13-32/h4-5,7-8,10-11,16,21,23-25,27-28,31-32,34,41,58H,6,9,12-15,17-20,22,26,29-30H2,1-3H3,(H,49,51)(H,50,52)(H,53,57)/t32?,41-,47?/m0/s1. The number of carbonyl (C=O) groups excluding carboxylic acids is 1. The van der Waals surface area contributed by atoms with Gasteiger partial charge < -0.3 is 25.0 Å². The lowest BCUT2D eigenvalue weighted by molar-refractivity contribution is -0.384. The first-order chi connectivity index (χ1) is 30.7. The number of benzene rings is 2. The van der Waals surface area contributed by atoms with Crippen molar-refractivity contribution in [3.8, 4) is 11.5 Å². The molecule has 4 N–H and O–H groups in total. The number of hydrogen-bond donors (Lipinski definition) is 4. The van der Waals surface area contributed by atoms with Crippen molar-refractivity contribution >= 4 is 44.2 Å². The highest BCUT2D eigenvalue weighted by Crippen LogP contribution is 2.49. The molecule has 64 heavy (non-hydrogen) atoms. The molecule has 1 amide bonds. The Morgan fingerprint density at radius 3 is 2.52 bits per heavy atom. The number of anilines is 2. The molecular formula is C48H58N8O7S. The Labute approximate surface area is 374 Å². The summed E-state index contributed by atoms with van der Waals surface area (Å²) in [6.07, 6.45) is 14.0. The normalized spacial score (nSPS) is 22.7. The Morgan fingerprint density at radius 1 is 1.00 bits per heavy atom. The fourth-order valence-electron chi connectivity index (χ4n) is 10.6. The van der Waals surface area contributed by atoms with Gasteiger partial charge in [-0.1, -0.05) is 38.1 Å². The van der Waals surface area contributed by atoms with E-state index in [1.807, 2.05) is 12.1 Å². The number of rotatable bonds is 13. The van der Waals surface area contributed by atoms with Crippen LogP contribution >= 0.6 is 0 Å². The zero-order valence-corrected chi connectivity index (χ0v) is 37.6. The van der Waals surface area contributed by atoms with Crippen LogP contribution in [0, 0.1) is 21.4 Å². The second kappa shape index (κ2) is 17.4. The molecular weight excluding hydrogens is 833 g/mol. The highest BCUT2D eigenvalue weighted by Gasteiger charge is 2.47. The summed E-state index contributed by atoms with van der Waals surface area (Å²) in [5.41, 5.74) is 3.38. The average molecular weight is 891 g/mol. The number of carbonyl (C=O) groups is 1. The van der Waals surface area contributed by atoms with Crippen molar-refractivity contribution in [3.63, 3.8) is 0 Å². The second-order valence-corrected chi connectivity index (χ2v) is 20.9. The van der Waals surface area contributed by atoms with E-state index in [1.165, 1.54) is 30.2 Å². The number of likely N-dealkylation sites (tertiary alicyclic amines) is 1. The fraction of sp³-hybridized carbons (Fsp3) is 0.479. The van der Waals surface area contributed by atoms with E-state index in [-0.39, 0.29) is 28.5 Å². The molecule has 4 aliphatic rings. The number of aliphatic hydroxyl groups is 1. The first-order valence-corrected chi connectivity index (χ1v) is 24.2. The van der Waals surface area contributed by atoms with Gasteiger partial charge >= 0.3 is 5.69 Å². The maximum absolute atomic E-state index is 13.9. The molecule has 0 unspecified atom stereocenters. The number of H-pyrrole nitrogens is 1. The van der Waals surface area contributed by atoms with Crippen molar-refractivity contribution in [3.05, 3.63) is 106 Å². The molecule has 1 spiro atoms.